The highest BCUT2D eigenvalue weighted by Gasteiger charge is 2.50. The predicted octanol–water partition coefficient (Wildman–Crippen LogP) is 1.25. The van der Waals surface area contributed by atoms with Gasteiger partial charge in [0.25, 0.3) is 5.78 Å². The van der Waals surface area contributed by atoms with Gasteiger partial charge in [-0.25, -0.2) is 0 Å². The first-order chi connectivity index (χ1) is 9.54. The zero-order valence-electron chi connectivity index (χ0n) is 11.0. The second-order valence-electron chi connectivity index (χ2n) is 5.01. The monoisotopic (exact) mass is 274 g/mol. The van der Waals surface area contributed by atoms with E-state index in [1.165, 1.54) is 11.1 Å². The minimum Gasteiger partial charge on any atom is -0.501 e. The Morgan fingerprint density at radius 3 is 2.85 bits per heavy atom. The zero-order chi connectivity index (χ0) is 14.3. The van der Waals surface area contributed by atoms with E-state index in [1.807, 2.05) is 0 Å². The lowest BCUT2D eigenvalue weighted by molar-refractivity contribution is -0.136. The van der Waals surface area contributed by atoms with Crippen LogP contribution in [0.5, 0.6) is 0 Å². The normalized spacial score (nSPS) is 26.4. The maximum atomic E-state index is 12.3. The molecule has 2 aliphatic rings. The summed E-state index contributed by atoms with van der Waals surface area (Å²) < 4.78 is 5.66. The van der Waals surface area contributed by atoms with Crippen LogP contribution >= 0.6 is 0 Å². The molecule has 6 nitrogen and oxygen atoms in total. The van der Waals surface area contributed by atoms with E-state index in [0.29, 0.717) is 24.9 Å². The van der Waals surface area contributed by atoms with Crippen LogP contribution in [0.4, 0.5) is 0 Å². The number of Topliss-reactive ketones (excluding diaryl/α,β-unsaturated/α-hetero) is 1. The third-order valence-corrected chi connectivity index (χ3v) is 3.68. The molecule has 1 aromatic rings. The van der Waals surface area contributed by atoms with Crippen LogP contribution in [-0.4, -0.2) is 33.2 Å². The van der Waals surface area contributed by atoms with Gasteiger partial charge in [-0.05, 0) is 19.4 Å². The fourth-order valence-electron chi connectivity index (χ4n) is 2.49. The quantitative estimate of drug-likeness (QED) is 0.877. The molecule has 1 aromatic heterocycles. The van der Waals surface area contributed by atoms with Gasteiger partial charge in [-0.15, -0.1) is 0 Å². The first-order valence-electron chi connectivity index (χ1n) is 6.42. The van der Waals surface area contributed by atoms with Crippen molar-refractivity contribution in [3.05, 3.63) is 41.7 Å². The van der Waals surface area contributed by atoms with Crippen LogP contribution in [0.3, 0.4) is 0 Å². The molecule has 0 bridgehead atoms. The summed E-state index contributed by atoms with van der Waals surface area (Å²) in [5.41, 5.74) is -0.797. The molecule has 3 rings (SSSR count). The maximum Gasteiger partial charge on any atom is 0.250 e. The third-order valence-electron chi connectivity index (χ3n) is 3.68. The zero-order valence-corrected chi connectivity index (χ0v) is 11.0. The summed E-state index contributed by atoms with van der Waals surface area (Å²) >= 11 is 0. The molecule has 1 saturated heterocycles. The molecule has 0 spiro atoms. The number of likely N-dealkylation sites (tertiary alicyclic amines) is 1. The number of hydrogen-bond acceptors (Lipinski definition) is 5. The van der Waals surface area contributed by atoms with Crippen molar-refractivity contribution in [1.82, 2.24) is 9.88 Å². The van der Waals surface area contributed by atoms with Gasteiger partial charge in [-0.2, -0.15) is 0 Å². The Labute approximate surface area is 115 Å². The van der Waals surface area contributed by atoms with E-state index in [9.17, 15) is 14.7 Å². The lowest BCUT2D eigenvalue weighted by atomic mass is 9.93. The van der Waals surface area contributed by atoms with Crippen molar-refractivity contribution >= 4 is 11.7 Å². The summed E-state index contributed by atoms with van der Waals surface area (Å²) in [6, 6.07) is 3.39. The maximum absolute atomic E-state index is 12.3. The van der Waals surface area contributed by atoms with E-state index in [4.69, 9.17) is 4.74 Å². The molecule has 20 heavy (non-hydrogen) atoms. The van der Waals surface area contributed by atoms with E-state index in [-0.39, 0.29) is 11.8 Å². The Morgan fingerprint density at radius 1 is 1.45 bits per heavy atom. The first-order valence-corrected chi connectivity index (χ1v) is 6.42. The largest absolute Gasteiger partial charge is 0.501 e. The smallest absolute Gasteiger partial charge is 0.250 e. The minimum absolute atomic E-state index is 0.0381. The summed E-state index contributed by atoms with van der Waals surface area (Å²) in [5, 5.41) is 10.0. The number of aliphatic hydroxyl groups excluding tert-OH is 1. The van der Waals surface area contributed by atoms with Gasteiger partial charge >= 0.3 is 0 Å². The van der Waals surface area contributed by atoms with Crippen molar-refractivity contribution in [2.24, 2.45) is 0 Å². The van der Waals surface area contributed by atoms with E-state index < -0.39 is 17.1 Å². The fourth-order valence-corrected chi connectivity index (χ4v) is 2.49. The summed E-state index contributed by atoms with van der Waals surface area (Å²) in [6.45, 7) is 2.02. The van der Waals surface area contributed by atoms with Crippen LogP contribution in [-0.2, 0) is 19.9 Å². The highest BCUT2D eigenvalue weighted by molar-refractivity contribution is 6.03. The van der Waals surface area contributed by atoms with Gasteiger partial charge in [0.15, 0.2) is 0 Å². The Morgan fingerprint density at radius 2 is 2.25 bits per heavy atom. The van der Waals surface area contributed by atoms with Gasteiger partial charge < -0.3 is 9.84 Å². The van der Waals surface area contributed by atoms with Crippen LogP contribution in [0.15, 0.2) is 36.2 Å². The molecule has 0 aliphatic carbocycles. The predicted molar refractivity (Wildman–Crippen MR) is 68.3 cm³/mol. The number of carbonyl (C=O) groups is 2. The molecule has 1 fully saturated rings. The van der Waals surface area contributed by atoms with Crippen molar-refractivity contribution in [2.75, 3.05) is 6.54 Å². The lowest BCUT2D eigenvalue weighted by Gasteiger charge is -2.25. The van der Waals surface area contributed by atoms with Crippen LogP contribution in [0.1, 0.15) is 25.3 Å². The van der Waals surface area contributed by atoms with Gasteiger partial charge in [0.1, 0.15) is 0 Å². The molecule has 1 N–H and O–H groups in total. The van der Waals surface area contributed by atoms with Crippen molar-refractivity contribution < 1.29 is 19.4 Å². The van der Waals surface area contributed by atoms with E-state index in [1.54, 1.807) is 25.3 Å². The van der Waals surface area contributed by atoms with Gasteiger partial charge in [0.2, 0.25) is 23.2 Å². The van der Waals surface area contributed by atoms with E-state index in [0.717, 1.165) is 0 Å². The van der Waals surface area contributed by atoms with E-state index >= 15 is 0 Å². The van der Waals surface area contributed by atoms with Crippen molar-refractivity contribution in [3.8, 4) is 0 Å². The van der Waals surface area contributed by atoms with Crippen LogP contribution in [0, 0.1) is 0 Å². The number of ketones is 1. The molecule has 2 aliphatic heterocycles. The van der Waals surface area contributed by atoms with Crippen LogP contribution in [0.25, 0.3) is 0 Å². The second kappa shape index (κ2) is 4.33. The first kappa shape index (κ1) is 12.7. The Kier molecular flexibility index (Phi) is 2.74. The fraction of sp³-hybridized carbons (Fsp3) is 0.357. The van der Waals surface area contributed by atoms with Gasteiger partial charge in [0, 0.05) is 30.9 Å². The molecular formula is C14H14N2O4. The number of hydrogen-bond donors (Lipinski definition) is 1. The second-order valence-corrected chi connectivity index (χ2v) is 5.01. The number of rotatable bonds is 2. The summed E-state index contributed by atoms with van der Waals surface area (Å²) in [6.07, 6.45) is 4.19. The highest BCUT2D eigenvalue weighted by atomic mass is 16.5. The average Bonchev–Trinajstić information content (AvgIpc) is 2.98. The summed E-state index contributed by atoms with van der Waals surface area (Å²) in [4.78, 5) is 29.3. The molecule has 3 heterocycles. The van der Waals surface area contributed by atoms with Crippen molar-refractivity contribution in [1.29, 1.82) is 0 Å². The van der Waals surface area contributed by atoms with Gasteiger partial charge in [-0.3, -0.25) is 19.5 Å². The average molecular weight is 274 g/mol. The number of ether oxygens (including phenoxy) is 1. The Bertz CT molecular complexity index is 611. The standard InChI is InChI=1S/C14H14N2O4/c1-14(9-4-2-6-15-8-9)12(19)11(18)13(20-14)16-7-3-5-10(16)17/h2,4,6,8,18H,3,5,7H2,1H3. The Hall–Kier alpha value is -2.37. The van der Waals surface area contributed by atoms with E-state index in [2.05, 4.69) is 4.98 Å². The summed E-state index contributed by atoms with van der Waals surface area (Å²) in [5.74, 6) is -1.23. The minimum atomic E-state index is -1.34. The van der Waals surface area contributed by atoms with Gasteiger partial charge in [0.05, 0.1) is 0 Å². The van der Waals surface area contributed by atoms with Crippen LogP contribution < -0.4 is 0 Å². The number of carbonyl (C=O) groups excluding carboxylic acids is 2. The highest BCUT2D eigenvalue weighted by Crippen LogP contribution is 2.39. The Balaban J connectivity index is 1.97. The molecular weight excluding hydrogens is 260 g/mol. The number of nitrogens with zero attached hydrogens (tertiary/aromatic N) is 2. The molecule has 0 radical (unpaired) electrons. The number of aliphatic hydroxyl groups is 1. The molecule has 1 atom stereocenters. The number of pyridine rings is 1. The topological polar surface area (TPSA) is 79.7 Å². The molecule has 0 aromatic carbocycles. The lowest BCUT2D eigenvalue weighted by Crippen LogP contribution is -2.32. The molecule has 0 saturated carbocycles. The molecule has 1 unspecified atom stereocenters. The summed E-state index contributed by atoms with van der Waals surface area (Å²) in [7, 11) is 0. The third kappa shape index (κ3) is 1.68. The van der Waals surface area contributed by atoms with Crippen LogP contribution in [0.2, 0.25) is 0 Å². The van der Waals surface area contributed by atoms with Crippen molar-refractivity contribution in [3.63, 3.8) is 0 Å². The molecule has 1 amide bonds. The SMILES string of the molecule is CC1(c2cccnc2)OC(N2CCCC2=O)=C(O)C1=O. The number of amides is 1. The molecule has 104 valence electrons. The molecule has 6 heteroatoms. The van der Waals surface area contributed by atoms with Crippen molar-refractivity contribution in [2.45, 2.75) is 25.4 Å². The van der Waals surface area contributed by atoms with Gasteiger partial charge in [-0.1, -0.05) is 6.07 Å². The number of aromatic nitrogens is 1.